The molecular weight excluding hydrogens is 512 g/mol. The first-order valence-electron chi connectivity index (χ1n) is 14.7. The second-order valence-electron chi connectivity index (χ2n) is 11.7. The molecule has 0 aliphatic carbocycles. The molecule has 0 spiro atoms. The van der Waals surface area contributed by atoms with Crippen molar-refractivity contribution < 1.29 is 14.3 Å². The van der Waals surface area contributed by atoms with E-state index in [0.717, 1.165) is 65.9 Å². The lowest BCUT2D eigenvalue weighted by Gasteiger charge is -2.48. The summed E-state index contributed by atoms with van der Waals surface area (Å²) in [6, 6.07) is 25.8. The maximum atomic E-state index is 14.1. The van der Waals surface area contributed by atoms with Crippen LogP contribution < -0.4 is 4.74 Å². The predicted octanol–water partition coefficient (Wildman–Crippen LogP) is 4.77. The van der Waals surface area contributed by atoms with Crippen molar-refractivity contribution in [3.63, 3.8) is 0 Å². The zero-order chi connectivity index (χ0) is 27.9. The smallest absolute Gasteiger partial charge is 0.246 e. The number of amides is 2. The van der Waals surface area contributed by atoms with E-state index in [4.69, 9.17) is 4.74 Å². The van der Waals surface area contributed by atoms with Gasteiger partial charge in [-0.15, -0.1) is 0 Å². The standard InChI is InChI=1S/C34H36N4O3/c1-41-26-13-11-25(12-14-26)33-32-28(27-9-5-6-10-29(27)35-32)19-30-34(40)37(22-31(39)38(30)33)21-24-15-17-36(18-16-24)20-23-7-3-2-4-8-23/h2-14,24,30,33,35H,15-22H2,1H3/t30-,33?/m0/s1. The second kappa shape index (κ2) is 10.7. The third kappa shape index (κ3) is 4.78. The number of ether oxygens (including phenoxy) is 1. The van der Waals surface area contributed by atoms with Crippen molar-refractivity contribution in [2.75, 3.05) is 33.3 Å². The molecule has 2 saturated heterocycles. The lowest BCUT2D eigenvalue weighted by molar-refractivity contribution is -0.159. The van der Waals surface area contributed by atoms with Gasteiger partial charge in [0.1, 0.15) is 11.8 Å². The number of aromatic nitrogens is 1. The average Bonchev–Trinajstić information content (AvgIpc) is 3.39. The number of benzene rings is 3. The van der Waals surface area contributed by atoms with E-state index in [9.17, 15) is 9.59 Å². The Morgan fingerprint density at radius 1 is 0.902 bits per heavy atom. The first-order valence-corrected chi connectivity index (χ1v) is 14.7. The highest BCUT2D eigenvalue weighted by atomic mass is 16.5. The number of hydrogen-bond acceptors (Lipinski definition) is 4. The minimum absolute atomic E-state index is 0.0150. The molecule has 2 fully saturated rings. The molecule has 0 saturated carbocycles. The van der Waals surface area contributed by atoms with E-state index < -0.39 is 6.04 Å². The normalized spacial score (nSPS) is 21.7. The molecule has 0 radical (unpaired) electrons. The number of carbonyl (C=O) groups excluding carboxylic acids is 2. The number of H-pyrrole nitrogens is 1. The number of fused-ring (bicyclic) bond motifs is 4. The molecule has 4 heterocycles. The molecule has 210 valence electrons. The molecule has 2 amide bonds. The number of rotatable bonds is 6. The third-order valence-electron chi connectivity index (χ3n) is 9.21. The minimum atomic E-state index is -0.506. The molecule has 1 unspecified atom stereocenters. The van der Waals surface area contributed by atoms with E-state index in [1.165, 1.54) is 5.56 Å². The van der Waals surface area contributed by atoms with Gasteiger partial charge in [0.15, 0.2) is 0 Å². The summed E-state index contributed by atoms with van der Waals surface area (Å²) in [5, 5.41) is 1.13. The number of hydrogen-bond donors (Lipinski definition) is 1. The highest BCUT2D eigenvalue weighted by Gasteiger charge is 2.48. The summed E-state index contributed by atoms with van der Waals surface area (Å²) in [6.07, 6.45) is 2.61. The Morgan fingerprint density at radius 2 is 1.63 bits per heavy atom. The Balaban J connectivity index is 1.13. The van der Waals surface area contributed by atoms with E-state index in [2.05, 4.69) is 52.3 Å². The molecule has 2 atom stereocenters. The summed E-state index contributed by atoms with van der Waals surface area (Å²) in [5.74, 6) is 1.27. The van der Waals surface area contributed by atoms with Gasteiger partial charge in [-0.3, -0.25) is 14.5 Å². The largest absolute Gasteiger partial charge is 0.497 e. The molecule has 7 rings (SSSR count). The maximum absolute atomic E-state index is 14.1. The number of nitrogens with one attached hydrogen (secondary N) is 1. The molecule has 7 heteroatoms. The molecule has 1 N–H and O–H groups in total. The van der Waals surface area contributed by atoms with E-state index in [1.54, 1.807) is 7.11 Å². The number of piperidine rings is 1. The van der Waals surface area contributed by atoms with Crippen LogP contribution in [0.3, 0.4) is 0 Å². The Labute approximate surface area is 240 Å². The second-order valence-corrected chi connectivity index (χ2v) is 11.7. The Kier molecular flexibility index (Phi) is 6.75. The van der Waals surface area contributed by atoms with Crippen molar-refractivity contribution in [2.45, 2.75) is 37.9 Å². The van der Waals surface area contributed by atoms with E-state index in [-0.39, 0.29) is 24.4 Å². The number of methoxy groups -OCH3 is 1. The van der Waals surface area contributed by atoms with Gasteiger partial charge in [-0.1, -0.05) is 60.7 Å². The van der Waals surface area contributed by atoms with Crippen LogP contribution >= 0.6 is 0 Å². The van der Waals surface area contributed by atoms with Crippen LogP contribution in [0.15, 0.2) is 78.9 Å². The monoisotopic (exact) mass is 548 g/mol. The van der Waals surface area contributed by atoms with Gasteiger partial charge in [-0.2, -0.15) is 0 Å². The molecule has 0 bridgehead atoms. The molecule has 3 aromatic carbocycles. The Morgan fingerprint density at radius 3 is 2.39 bits per heavy atom. The van der Waals surface area contributed by atoms with E-state index in [0.29, 0.717) is 18.9 Å². The molecule has 3 aliphatic heterocycles. The summed E-state index contributed by atoms with van der Waals surface area (Å²) >= 11 is 0. The lowest BCUT2D eigenvalue weighted by Crippen LogP contribution is -2.63. The first kappa shape index (κ1) is 25.8. The summed E-state index contributed by atoms with van der Waals surface area (Å²) in [6.45, 7) is 3.79. The quantitative estimate of drug-likeness (QED) is 0.377. The molecular formula is C34H36N4O3. The van der Waals surface area contributed by atoms with Gasteiger partial charge in [0.2, 0.25) is 11.8 Å². The summed E-state index contributed by atoms with van der Waals surface area (Å²) in [7, 11) is 1.65. The Bertz CT molecular complexity index is 1560. The average molecular weight is 549 g/mol. The van der Waals surface area contributed by atoms with Crippen LogP contribution in [-0.4, -0.2) is 70.8 Å². The van der Waals surface area contributed by atoms with Crippen LogP contribution in [-0.2, 0) is 22.6 Å². The zero-order valence-electron chi connectivity index (χ0n) is 23.5. The zero-order valence-corrected chi connectivity index (χ0v) is 23.5. The third-order valence-corrected chi connectivity index (χ3v) is 9.21. The Hall–Kier alpha value is -4.10. The van der Waals surface area contributed by atoms with Crippen LogP contribution in [0.5, 0.6) is 5.75 Å². The number of carbonyl (C=O) groups is 2. The molecule has 1 aromatic heterocycles. The van der Waals surface area contributed by atoms with Gasteiger partial charge in [-0.25, -0.2) is 0 Å². The highest BCUT2D eigenvalue weighted by Crippen LogP contribution is 2.43. The summed E-state index contributed by atoms with van der Waals surface area (Å²) in [4.78, 5) is 37.8. The predicted molar refractivity (Wildman–Crippen MR) is 158 cm³/mol. The SMILES string of the molecule is COc1ccc(C2c3[nH]c4ccccc4c3C[C@H]3C(=O)N(CC4CCN(Cc5ccccc5)CC4)CC(=O)N23)cc1. The summed E-state index contributed by atoms with van der Waals surface area (Å²) in [5.41, 5.74) is 5.50. The van der Waals surface area contributed by atoms with Crippen LogP contribution in [0.25, 0.3) is 10.9 Å². The molecule has 4 aromatic rings. The molecule has 3 aliphatic rings. The van der Waals surface area contributed by atoms with E-state index >= 15 is 0 Å². The van der Waals surface area contributed by atoms with Gasteiger partial charge >= 0.3 is 0 Å². The van der Waals surface area contributed by atoms with Crippen LogP contribution in [0.4, 0.5) is 0 Å². The van der Waals surface area contributed by atoms with Crippen molar-refractivity contribution >= 4 is 22.7 Å². The van der Waals surface area contributed by atoms with Gasteiger partial charge in [0.05, 0.1) is 19.7 Å². The molecule has 7 nitrogen and oxygen atoms in total. The first-order chi connectivity index (χ1) is 20.1. The fourth-order valence-electron chi connectivity index (χ4n) is 7.09. The fourth-order valence-corrected chi connectivity index (χ4v) is 7.09. The number of likely N-dealkylation sites (tertiary alicyclic amines) is 1. The van der Waals surface area contributed by atoms with Gasteiger partial charge in [0.25, 0.3) is 0 Å². The van der Waals surface area contributed by atoms with Crippen molar-refractivity contribution in [1.29, 1.82) is 0 Å². The van der Waals surface area contributed by atoms with Crippen molar-refractivity contribution in [3.05, 3.63) is 101 Å². The van der Waals surface area contributed by atoms with Crippen LogP contribution in [0, 0.1) is 5.92 Å². The van der Waals surface area contributed by atoms with Gasteiger partial charge in [0, 0.05) is 36.1 Å². The lowest BCUT2D eigenvalue weighted by atomic mass is 9.85. The topological polar surface area (TPSA) is 68.9 Å². The number of aromatic amines is 1. The highest BCUT2D eigenvalue weighted by molar-refractivity contribution is 5.97. The van der Waals surface area contributed by atoms with Crippen molar-refractivity contribution in [2.24, 2.45) is 5.92 Å². The number of para-hydroxylation sites is 1. The van der Waals surface area contributed by atoms with Crippen LogP contribution in [0.2, 0.25) is 0 Å². The minimum Gasteiger partial charge on any atom is -0.497 e. The van der Waals surface area contributed by atoms with Crippen molar-refractivity contribution in [1.82, 2.24) is 19.7 Å². The van der Waals surface area contributed by atoms with Crippen LogP contribution in [0.1, 0.15) is 41.3 Å². The fraction of sp³-hybridized carbons (Fsp3) is 0.353. The number of nitrogens with zero attached hydrogens (tertiary/aromatic N) is 3. The molecule has 41 heavy (non-hydrogen) atoms. The number of piperazine rings is 1. The van der Waals surface area contributed by atoms with Crippen molar-refractivity contribution in [3.8, 4) is 5.75 Å². The maximum Gasteiger partial charge on any atom is 0.246 e. The van der Waals surface area contributed by atoms with Gasteiger partial charge < -0.3 is 19.5 Å². The van der Waals surface area contributed by atoms with E-state index in [1.807, 2.05) is 46.2 Å². The summed E-state index contributed by atoms with van der Waals surface area (Å²) < 4.78 is 5.39. The van der Waals surface area contributed by atoms with Gasteiger partial charge in [-0.05, 0) is 66.7 Å².